The number of rotatable bonds is 4. The molecule has 0 saturated carbocycles. The molecule has 0 radical (unpaired) electrons. The van der Waals surface area contributed by atoms with Gasteiger partial charge in [-0.3, -0.25) is 0 Å². The van der Waals surface area contributed by atoms with E-state index in [2.05, 4.69) is 21.2 Å². The third-order valence-corrected chi connectivity index (χ3v) is 3.32. The van der Waals surface area contributed by atoms with Gasteiger partial charge < -0.3 is 15.8 Å². The standard InChI is InChI=1S/C15H15BrF2N2O/c1-8(2)21-14-5-3-4-12(15(14)19)20-13-7-10(17)9(16)6-11(13)18/h3-8,20H,19H2,1-2H3. The summed E-state index contributed by atoms with van der Waals surface area (Å²) in [5.74, 6) is -0.655. The number of hydrogen-bond acceptors (Lipinski definition) is 3. The highest BCUT2D eigenvalue weighted by molar-refractivity contribution is 9.10. The van der Waals surface area contributed by atoms with Crippen molar-refractivity contribution in [3.8, 4) is 5.75 Å². The van der Waals surface area contributed by atoms with Gasteiger partial charge in [-0.15, -0.1) is 0 Å². The molecule has 0 aliphatic rings. The van der Waals surface area contributed by atoms with Crippen LogP contribution in [0.1, 0.15) is 13.8 Å². The maximum absolute atomic E-state index is 13.8. The fraction of sp³-hybridized carbons (Fsp3) is 0.200. The molecule has 0 saturated heterocycles. The van der Waals surface area contributed by atoms with E-state index in [1.54, 1.807) is 18.2 Å². The lowest BCUT2D eigenvalue weighted by Crippen LogP contribution is -2.08. The molecule has 0 fully saturated rings. The van der Waals surface area contributed by atoms with E-state index in [1.807, 2.05) is 13.8 Å². The number of benzene rings is 2. The fourth-order valence-electron chi connectivity index (χ4n) is 1.77. The van der Waals surface area contributed by atoms with Gasteiger partial charge in [0.05, 0.1) is 27.6 Å². The molecule has 112 valence electrons. The summed E-state index contributed by atoms with van der Waals surface area (Å²) in [4.78, 5) is 0. The van der Waals surface area contributed by atoms with Crippen LogP contribution in [0.4, 0.5) is 25.8 Å². The average molecular weight is 357 g/mol. The van der Waals surface area contributed by atoms with Crippen molar-refractivity contribution in [3.63, 3.8) is 0 Å². The maximum atomic E-state index is 13.8. The first-order valence-corrected chi connectivity index (χ1v) is 7.14. The summed E-state index contributed by atoms with van der Waals surface area (Å²) in [6.45, 7) is 3.76. The van der Waals surface area contributed by atoms with Crippen molar-refractivity contribution < 1.29 is 13.5 Å². The van der Waals surface area contributed by atoms with Crippen LogP contribution in [-0.4, -0.2) is 6.10 Å². The van der Waals surface area contributed by atoms with E-state index in [0.717, 1.165) is 12.1 Å². The molecule has 0 aromatic heterocycles. The van der Waals surface area contributed by atoms with E-state index < -0.39 is 11.6 Å². The highest BCUT2D eigenvalue weighted by Crippen LogP contribution is 2.33. The number of para-hydroxylation sites is 1. The largest absolute Gasteiger partial charge is 0.489 e. The predicted octanol–water partition coefficient (Wildman–Crippen LogP) is 4.84. The molecule has 0 aliphatic heterocycles. The van der Waals surface area contributed by atoms with Crippen molar-refractivity contribution in [3.05, 3.63) is 46.4 Å². The van der Waals surface area contributed by atoms with Crippen LogP contribution in [0, 0.1) is 11.6 Å². The van der Waals surface area contributed by atoms with Gasteiger partial charge in [0.15, 0.2) is 0 Å². The summed E-state index contributed by atoms with van der Waals surface area (Å²) < 4.78 is 33.0. The van der Waals surface area contributed by atoms with Crippen molar-refractivity contribution in [1.29, 1.82) is 0 Å². The van der Waals surface area contributed by atoms with Crippen molar-refractivity contribution in [2.24, 2.45) is 0 Å². The molecule has 21 heavy (non-hydrogen) atoms. The van der Waals surface area contributed by atoms with Crippen LogP contribution in [-0.2, 0) is 0 Å². The van der Waals surface area contributed by atoms with E-state index >= 15 is 0 Å². The third-order valence-electron chi connectivity index (χ3n) is 2.71. The van der Waals surface area contributed by atoms with Crippen LogP contribution in [0.2, 0.25) is 0 Å². The molecule has 2 rings (SSSR count). The van der Waals surface area contributed by atoms with Gasteiger partial charge in [-0.1, -0.05) is 6.07 Å². The Morgan fingerprint density at radius 1 is 1.14 bits per heavy atom. The summed E-state index contributed by atoms with van der Waals surface area (Å²) in [7, 11) is 0. The summed E-state index contributed by atoms with van der Waals surface area (Å²) in [6.07, 6.45) is -0.0376. The zero-order chi connectivity index (χ0) is 15.6. The zero-order valence-corrected chi connectivity index (χ0v) is 13.2. The van der Waals surface area contributed by atoms with Gasteiger partial charge in [0, 0.05) is 6.07 Å². The van der Waals surface area contributed by atoms with Gasteiger partial charge in [-0.25, -0.2) is 8.78 Å². The lowest BCUT2D eigenvalue weighted by molar-refractivity contribution is 0.244. The summed E-state index contributed by atoms with van der Waals surface area (Å²) >= 11 is 2.93. The third kappa shape index (κ3) is 3.64. The van der Waals surface area contributed by atoms with Gasteiger partial charge in [-0.2, -0.15) is 0 Å². The van der Waals surface area contributed by atoms with E-state index in [-0.39, 0.29) is 16.3 Å². The number of anilines is 3. The summed E-state index contributed by atoms with van der Waals surface area (Å²) in [5, 5.41) is 2.78. The predicted molar refractivity (Wildman–Crippen MR) is 84.0 cm³/mol. The quantitative estimate of drug-likeness (QED) is 0.608. The van der Waals surface area contributed by atoms with Crippen LogP contribution < -0.4 is 15.8 Å². The van der Waals surface area contributed by atoms with Crippen LogP contribution in [0.25, 0.3) is 0 Å². The number of ether oxygens (including phenoxy) is 1. The Morgan fingerprint density at radius 3 is 2.52 bits per heavy atom. The molecule has 0 amide bonds. The maximum Gasteiger partial charge on any atom is 0.147 e. The molecule has 0 aliphatic carbocycles. The minimum Gasteiger partial charge on any atom is -0.489 e. The van der Waals surface area contributed by atoms with Crippen LogP contribution in [0.15, 0.2) is 34.8 Å². The number of nitrogens with one attached hydrogen (secondary N) is 1. The Balaban J connectivity index is 2.34. The summed E-state index contributed by atoms with van der Waals surface area (Å²) in [6, 6.07) is 7.24. The number of nitrogen functional groups attached to an aromatic ring is 1. The van der Waals surface area contributed by atoms with Crippen molar-refractivity contribution in [2.45, 2.75) is 20.0 Å². The number of halogens is 3. The highest BCUT2D eigenvalue weighted by atomic mass is 79.9. The first-order chi connectivity index (χ1) is 9.88. The van der Waals surface area contributed by atoms with Gasteiger partial charge >= 0.3 is 0 Å². The second kappa shape index (κ2) is 6.30. The Labute approximate surface area is 130 Å². The van der Waals surface area contributed by atoms with E-state index in [1.165, 1.54) is 0 Å². The number of hydrogen-bond donors (Lipinski definition) is 2. The molecule has 0 spiro atoms. The molecule has 0 heterocycles. The Morgan fingerprint density at radius 2 is 1.86 bits per heavy atom. The van der Waals surface area contributed by atoms with Crippen LogP contribution in [0.5, 0.6) is 5.75 Å². The van der Waals surface area contributed by atoms with Crippen molar-refractivity contribution in [1.82, 2.24) is 0 Å². The highest BCUT2D eigenvalue weighted by Gasteiger charge is 2.12. The smallest absolute Gasteiger partial charge is 0.147 e. The van der Waals surface area contributed by atoms with E-state index in [9.17, 15) is 8.78 Å². The molecule has 0 unspecified atom stereocenters. The normalized spacial score (nSPS) is 10.8. The second-order valence-corrected chi connectivity index (χ2v) is 5.61. The average Bonchev–Trinajstić information content (AvgIpc) is 2.40. The molecular formula is C15H15BrF2N2O. The van der Waals surface area contributed by atoms with Crippen LogP contribution in [0.3, 0.4) is 0 Å². The molecule has 3 nitrogen and oxygen atoms in total. The minimum absolute atomic E-state index is 0.00379. The van der Waals surface area contributed by atoms with Gasteiger partial charge in [0.1, 0.15) is 17.4 Å². The van der Waals surface area contributed by atoms with Crippen LogP contribution >= 0.6 is 15.9 Å². The molecule has 0 atom stereocenters. The molecule has 3 N–H and O–H groups in total. The van der Waals surface area contributed by atoms with Gasteiger partial charge in [-0.05, 0) is 48.0 Å². The number of nitrogens with two attached hydrogens (primary N) is 1. The van der Waals surface area contributed by atoms with Gasteiger partial charge in [0.2, 0.25) is 0 Å². The lowest BCUT2D eigenvalue weighted by atomic mass is 10.2. The Bertz CT molecular complexity index is 662. The second-order valence-electron chi connectivity index (χ2n) is 4.76. The van der Waals surface area contributed by atoms with E-state index in [0.29, 0.717) is 17.1 Å². The molecular weight excluding hydrogens is 342 g/mol. The molecule has 2 aromatic carbocycles. The monoisotopic (exact) mass is 356 g/mol. The van der Waals surface area contributed by atoms with E-state index in [4.69, 9.17) is 10.5 Å². The van der Waals surface area contributed by atoms with Crippen molar-refractivity contribution >= 4 is 33.0 Å². The van der Waals surface area contributed by atoms with Crippen molar-refractivity contribution in [2.75, 3.05) is 11.1 Å². The van der Waals surface area contributed by atoms with Gasteiger partial charge in [0.25, 0.3) is 0 Å². The zero-order valence-electron chi connectivity index (χ0n) is 11.6. The minimum atomic E-state index is -0.585. The Hall–Kier alpha value is -1.82. The SMILES string of the molecule is CC(C)Oc1cccc(Nc2cc(F)c(Br)cc2F)c1N. The Kier molecular flexibility index (Phi) is 4.67. The first kappa shape index (κ1) is 15.6. The molecule has 0 bridgehead atoms. The first-order valence-electron chi connectivity index (χ1n) is 6.35. The topological polar surface area (TPSA) is 47.3 Å². The fourth-order valence-corrected chi connectivity index (χ4v) is 2.09. The summed E-state index contributed by atoms with van der Waals surface area (Å²) in [5.41, 5.74) is 6.78. The molecule has 6 heteroatoms. The lowest BCUT2D eigenvalue weighted by Gasteiger charge is -2.16. The molecule has 2 aromatic rings.